The van der Waals surface area contributed by atoms with Crippen LogP contribution in [0.4, 0.5) is 0 Å². The predicted molar refractivity (Wildman–Crippen MR) is 86.7 cm³/mol. The molecule has 5 nitrogen and oxygen atoms in total. The maximum absolute atomic E-state index is 6.02. The van der Waals surface area contributed by atoms with Crippen LogP contribution in [-0.4, -0.2) is 33.3 Å². The summed E-state index contributed by atoms with van der Waals surface area (Å²) in [5.74, 6) is 6.02. The number of hydrogen-bond donors (Lipinski definition) is 2. The van der Waals surface area contributed by atoms with E-state index in [4.69, 9.17) is 5.84 Å². The monoisotopic (exact) mass is 293 g/mol. The van der Waals surface area contributed by atoms with Gasteiger partial charge in [-0.05, 0) is 38.4 Å². The number of aromatic nitrogens is 2. The van der Waals surface area contributed by atoms with Gasteiger partial charge in [-0.25, -0.2) is 5.43 Å². The molecule has 0 amide bonds. The summed E-state index contributed by atoms with van der Waals surface area (Å²) >= 11 is 0. The first-order chi connectivity index (χ1) is 10.2. The van der Waals surface area contributed by atoms with E-state index in [1.54, 1.807) is 0 Å². The largest absolute Gasteiger partial charge is 0.296 e. The smallest absolute Gasteiger partial charge is 0.0812 e. The summed E-state index contributed by atoms with van der Waals surface area (Å²) in [6, 6.07) is 2.28. The van der Waals surface area contributed by atoms with Crippen LogP contribution in [0, 0.1) is 0 Å². The summed E-state index contributed by atoms with van der Waals surface area (Å²) in [5, 5.41) is 4.49. The van der Waals surface area contributed by atoms with E-state index in [0.29, 0.717) is 0 Å². The van der Waals surface area contributed by atoms with Crippen LogP contribution in [0.5, 0.6) is 0 Å². The molecule has 5 heteroatoms. The minimum atomic E-state index is 0.129. The maximum atomic E-state index is 6.02. The van der Waals surface area contributed by atoms with Gasteiger partial charge in [0.05, 0.1) is 11.7 Å². The van der Waals surface area contributed by atoms with Gasteiger partial charge in [0.2, 0.25) is 0 Å². The number of nitrogens with two attached hydrogens (primary N) is 1. The van der Waals surface area contributed by atoms with Gasteiger partial charge in [-0.2, -0.15) is 5.10 Å². The van der Waals surface area contributed by atoms with E-state index in [0.717, 1.165) is 26.1 Å². The van der Waals surface area contributed by atoms with Crippen molar-refractivity contribution >= 4 is 0 Å². The summed E-state index contributed by atoms with van der Waals surface area (Å²) in [5.41, 5.74) is 4.49. The molecule has 1 aromatic rings. The number of likely N-dealkylation sites (N-methyl/N-ethyl adjacent to an activating group) is 1. The van der Waals surface area contributed by atoms with Gasteiger partial charge < -0.3 is 0 Å². The molecule has 1 aliphatic carbocycles. The number of aryl methyl sites for hydroxylation is 1. The van der Waals surface area contributed by atoms with Crippen LogP contribution >= 0.6 is 0 Å². The van der Waals surface area contributed by atoms with E-state index in [1.807, 2.05) is 6.20 Å². The highest BCUT2D eigenvalue weighted by Gasteiger charge is 2.46. The Labute approximate surface area is 128 Å². The Morgan fingerprint density at radius 1 is 1.33 bits per heavy atom. The quantitative estimate of drug-likeness (QED) is 0.571. The molecule has 1 aliphatic rings. The number of hydrazine groups is 1. The summed E-state index contributed by atoms with van der Waals surface area (Å²) in [6.07, 6.45) is 7.99. The van der Waals surface area contributed by atoms with Crippen molar-refractivity contribution in [2.24, 2.45) is 5.84 Å². The molecule has 1 heterocycles. The molecule has 1 atom stereocenters. The molecule has 21 heavy (non-hydrogen) atoms. The minimum absolute atomic E-state index is 0.129. The third-order valence-corrected chi connectivity index (χ3v) is 5.05. The third kappa shape index (κ3) is 3.00. The number of nitrogens with zero attached hydrogens (tertiary/aromatic N) is 3. The standard InChI is InChI=1S/C16H31N5/c1-4-13-21-14(9-12-18-21)15(19-17)16(10-7-8-11-16)20(5-2)6-3/h9,12,15,19H,4-8,10-11,13,17H2,1-3H3. The molecule has 120 valence electrons. The van der Waals surface area contributed by atoms with E-state index in [1.165, 1.54) is 31.4 Å². The first kappa shape index (κ1) is 16.5. The van der Waals surface area contributed by atoms with Gasteiger partial charge in [0.25, 0.3) is 0 Å². The molecule has 1 saturated carbocycles. The lowest BCUT2D eigenvalue weighted by atomic mass is 9.84. The topological polar surface area (TPSA) is 59.1 Å². The van der Waals surface area contributed by atoms with Crippen LogP contribution in [0.2, 0.25) is 0 Å². The lowest BCUT2D eigenvalue weighted by Gasteiger charge is -2.46. The van der Waals surface area contributed by atoms with Crippen molar-refractivity contribution in [2.45, 2.75) is 71.0 Å². The molecule has 2 rings (SSSR count). The fourth-order valence-electron chi connectivity index (χ4n) is 4.13. The van der Waals surface area contributed by atoms with Crippen LogP contribution in [0.1, 0.15) is 64.6 Å². The highest BCUT2D eigenvalue weighted by Crippen LogP contribution is 2.44. The number of rotatable bonds is 8. The fraction of sp³-hybridized carbons (Fsp3) is 0.812. The average Bonchev–Trinajstić information content (AvgIpc) is 3.13. The predicted octanol–water partition coefficient (Wildman–Crippen LogP) is 2.45. The molecule has 1 unspecified atom stereocenters. The fourth-order valence-corrected chi connectivity index (χ4v) is 4.13. The van der Waals surface area contributed by atoms with Gasteiger partial charge >= 0.3 is 0 Å². The first-order valence-electron chi connectivity index (χ1n) is 8.46. The molecule has 0 spiro atoms. The summed E-state index contributed by atoms with van der Waals surface area (Å²) in [6.45, 7) is 9.77. The van der Waals surface area contributed by atoms with Crippen molar-refractivity contribution in [1.82, 2.24) is 20.1 Å². The Morgan fingerprint density at radius 2 is 2.00 bits per heavy atom. The van der Waals surface area contributed by atoms with Gasteiger partial charge in [-0.15, -0.1) is 0 Å². The van der Waals surface area contributed by atoms with Gasteiger partial charge in [0, 0.05) is 18.3 Å². The number of nitrogens with one attached hydrogen (secondary N) is 1. The summed E-state index contributed by atoms with van der Waals surface area (Å²) < 4.78 is 2.12. The SMILES string of the molecule is CCCn1nccc1C(NN)C1(N(CC)CC)CCCC1. The normalized spacial score (nSPS) is 19.3. The second-order valence-electron chi connectivity index (χ2n) is 6.06. The Kier molecular flexibility index (Phi) is 5.79. The zero-order valence-electron chi connectivity index (χ0n) is 13.8. The molecule has 1 aromatic heterocycles. The Morgan fingerprint density at radius 3 is 2.52 bits per heavy atom. The van der Waals surface area contributed by atoms with Gasteiger partial charge in [0.1, 0.15) is 0 Å². The summed E-state index contributed by atoms with van der Waals surface area (Å²) in [7, 11) is 0. The van der Waals surface area contributed by atoms with Crippen LogP contribution in [0.15, 0.2) is 12.3 Å². The second-order valence-corrected chi connectivity index (χ2v) is 6.06. The van der Waals surface area contributed by atoms with E-state index >= 15 is 0 Å². The lowest BCUT2D eigenvalue weighted by Crippen LogP contribution is -2.56. The van der Waals surface area contributed by atoms with E-state index in [2.05, 4.69) is 46.9 Å². The van der Waals surface area contributed by atoms with Crippen LogP contribution < -0.4 is 11.3 Å². The third-order valence-electron chi connectivity index (χ3n) is 5.05. The molecular formula is C16H31N5. The van der Waals surface area contributed by atoms with E-state index in [-0.39, 0.29) is 11.6 Å². The molecule has 0 bridgehead atoms. The molecule has 3 N–H and O–H groups in total. The van der Waals surface area contributed by atoms with Gasteiger partial charge in [-0.3, -0.25) is 15.4 Å². The van der Waals surface area contributed by atoms with Gasteiger partial charge in [0.15, 0.2) is 0 Å². The van der Waals surface area contributed by atoms with Crippen molar-refractivity contribution < 1.29 is 0 Å². The molecular weight excluding hydrogens is 262 g/mol. The molecule has 1 fully saturated rings. The molecule has 0 aromatic carbocycles. The van der Waals surface area contributed by atoms with E-state index in [9.17, 15) is 0 Å². The molecule has 0 aliphatic heterocycles. The first-order valence-corrected chi connectivity index (χ1v) is 8.46. The number of hydrogen-bond acceptors (Lipinski definition) is 4. The van der Waals surface area contributed by atoms with Crippen molar-refractivity contribution in [2.75, 3.05) is 13.1 Å². The van der Waals surface area contributed by atoms with Crippen LogP contribution in [0.3, 0.4) is 0 Å². The Bertz CT molecular complexity index is 418. The lowest BCUT2D eigenvalue weighted by molar-refractivity contribution is 0.0592. The van der Waals surface area contributed by atoms with E-state index < -0.39 is 0 Å². The van der Waals surface area contributed by atoms with Crippen molar-refractivity contribution in [3.05, 3.63) is 18.0 Å². The summed E-state index contributed by atoms with van der Waals surface area (Å²) in [4.78, 5) is 2.59. The van der Waals surface area contributed by atoms with Crippen LogP contribution in [-0.2, 0) is 6.54 Å². The van der Waals surface area contributed by atoms with Crippen molar-refractivity contribution in [3.63, 3.8) is 0 Å². The minimum Gasteiger partial charge on any atom is -0.296 e. The average molecular weight is 293 g/mol. The molecule has 0 radical (unpaired) electrons. The van der Waals surface area contributed by atoms with Crippen LogP contribution in [0.25, 0.3) is 0 Å². The van der Waals surface area contributed by atoms with Crippen molar-refractivity contribution in [3.8, 4) is 0 Å². The second kappa shape index (κ2) is 7.38. The molecule has 0 saturated heterocycles. The maximum Gasteiger partial charge on any atom is 0.0812 e. The Balaban J connectivity index is 2.38. The van der Waals surface area contributed by atoms with Gasteiger partial charge in [-0.1, -0.05) is 33.6 Å². The van der Waals surface area contributed by atoms with Crippen molar-refractivity contribution in [1.29, 1.82) is 0 Å². The zero-order valence-corrected chi connectivity index (χ0v) is 13.8. The highest BCUT2D eigenvalue weighted by atomic mass is 15.4. The Hall–Kier alpha value is -0.910. The zero-order chi connectivity index (χ0) is 15.3. The highest BCUT2D eigenvalue weighted by molar-refractivity contribution is 5.17.